The third-order valence-electron chi connectivity index (χ3n) is 6.43. The highest BCUT2D eigenvalue weighted by atomic mass is 79.9. The number of hydrogen-bond acceptors (Lipinski definition) is 5. The summed E-state index contributed by atoms with van der Waals surface area (Å²) in [6.45, 7) is 7.12. The summed E-state index contributed by atoms with van der Waals surface area (Å²) in [5.74, 6) is 1.14. The van der Waals surface area contributed by atoms with Gasteiger partial charge in [-0.05, 0) is 107 Å². The maximum atomic E-state index is 12.9. The Labute approximate surface area is 259 Å². The molecule has 4 aromatic carbocycles. The SMILES string of the molecule is CCOc1cc(/C=C(\C#N)C(=O)Nc2ccc(OCc3ccccc3Cl)cc2)cc(Br)c1OCc1ccc(C)c(C)c1. The van der Waals surface area contributed by atoms with Crippen molar-refractivity contribution in [2.45, 2.75) is 34.0 Å². The molecule has 4 rings (SSSR count). The van der Waals surface area contributed by atoms with Crippen LogP contribution in [0.25, 0.3) is 6.08 Å². The molecule has 0 aliphatic rings. The van der Waals surface area contributed by atoms with E-state index in [0.717, 1.165) is 11.1 Å². The van der Waals surface area contributed by atoms with E-state index in [1.165, 1.54) is 17.2 Å². The Morgan fingerprint density at radius 3 is 2.40 bits per heavy atom. The Hall–Kier alpha value is -4.25. The Kier molecular flexibility index (Phi) is 10.7. The lowest BCUT2D eigenvalue weighted by molar-refractivity contribution is -0.112. The molecule has 8 heteroatoms. The van der Waals surface area contributed by atoms with Gasteiger partial charge in [-0.1, -0.05) is 48.0 Å². The lowest BCUT2D eigenvalue weighted by atomic mass is 10.1. The quantitative estimate of drug-likeness (QED) is 0.130. The first-order valence-corrected chi connectivity index (χ1v) is 14.5. The van der Waals surface area contributed by atoms with Crippen molar-refractivity contribution >= 4 is 45.2 Å². The average molecular weight is 646 g/mol. The van der Waals surface area contributed by atoms with E-state index in [4.69, 9.17) is 25.8 Å². The van der Waals surface area contributed by atoms with Crippen LogP contribution in [0.3, 0.4) is 0 Å². The second kappa shape index (κ2) is 14.6. The minimum absolute atomic E-state index is 0.0628. The number of rotatable bonds is 11. The van der Waals surface area contributed by atoms with Gasteiger partial charge in [0.25, 0.3) is 5.91 Å². The Balaban J connectivity index is 1.44. The zero-order valence-corrected chi connectivity index (χ0v) is 25.9. The van der Waals surface area contributed by atoms with Gasteiger partial charge in [-0.3, -0.25) is 4.79 Å². The number of halogens is 2. The maximum Gasteiger partial charge on any atom is 0.266 e. The third kappa shape index (κ3) is 8.16. The molecule has 0 bridgehead atoms. The predicted molar refractivity (Wildman–Crippen MR) is 170 cm³/mol. The summed E-state index contributed by atoms with van der Waals surface area (Å²) in [6, 6.07) is 26.1. The highest BCUT2D eigenvalue weighted by Gasteiger charge is 2.15. The Bertz CT molecular complexity index is 1640. The van der Waals surface area contributed by atoms with E-state index in [1.807, 2.05) is 43.3 Å². The summed E-state index contributed by atoms with van der Waals surface area (Å²) in [4.78, 5) is 12.9. The standard InChI is InChI=1S/C34H30BrClN2O4/c1-4-40-32-18-25(17-30(35)33(32)42-20-24-10-9-22(2)23(3)15-24)16-27(19-37)34(39)38-28-11-13-29(14-12-28)41-21-26-7-5-6-8-31(26)36/h5-18H,4,20-21H2,1-3H3,(H,38,39)/b27-16+. The van der Waals surface area contributed by atoms with Crippen molar-refractivity contribution in [2.75, 3.05) is 11.9 Å². The van der Waals surface area contributed by atoms with E-state index in [9.17, 15) is 10.1 Å². The number of carbonyl (C=O) groups is 1. The molecule has 0 saturated heterocycles. The van der Waals surface area contributed by atoms with Crippen molar-refractivity contribution < 1.29 is 19.0 Å². The molecule has 0 spiro atoms. The van der Waals surface area contributed by atoms with Gasteiger partial charge >= 0.3 is 0 Å². The van der Waals surface area contributed by atoms with Gasteiger partial charge in [-0.15, -0.1) is 0 Å². The number of aryl methyl sites for hydroxylation is 2. The number of amides is 1. The van der Waals surface area contributed by atoms with E-state index in [0.29, 0.717) is 57.8 Å². The van der Waals surface area contributed by atoms with E-state index in [2.05, 4.69) is 47.2 Å². The first-order chi connectivity index (χ1) is 20.3. The molecule has 0 aromatic heterocycles. The second-order valence-corrected chi connectivity index (χ2v) is 10.8. The number of hydrogen-bond donors (Lipinski definition) is 1. The maximum absolute atomic E-state index is 12.9. The molecule has 0 aliphatic heterocycles. The summed E-state index contributed by atoms with van der Waals surface area (Å²) in [7, 11) is 0. The van der Waals surface area contributed by atoms with Crippen LogP contribution in [0.1, 0.15) is 34.7 Å². The fourth-order valence-corrected chi connectivity index (χ4v) is 4.81. The van der Waals surface area contributed by atoms with Gasteiger partial charge in [0.05, 0.1) is 11.1 Å². The minimum Gasteiger partial charge on any atom is -0.490 e. The molecule has 0 radical (unpaired) electrons. The predicted octanol–water partition coefficient (Wildman–Crippen LogP) is 8.82. The van der Waals surface area contributed by atoms with Crippen LogP contribution >= 0.6 is 27.5 Å². The molecule has 42 heavy (non-hydrogen) atoms. The molecule has 1 N–H and O–H groups in total. The number of nitrogens with zero attached hydrogens (tertiary/aromatic N) is 1. The van der Waals surface area contributed by atoms with Crippen LogP contribution in [-0.2, 0) is 18.0 Å². The van der Waals surface area contributed by atoms with Crippen LogP contribution in [0.2, 0.25) is 5.02 Å². The summed E-state index contributed by atoms with van der Waals surface area (Å²) in [5, 5.41) is 13.1. The molecule has 0 atom stereocenters. The number of carbonyl (C=O) groups excluding carboxylic acids is 1. The zero-order chi connectivity index (χ0) is 30.1. The molecule has 0 aliphatic carbocycles. The lowest BCUT2D eigenvalue weighted by Crippen LogP contribution is -2.13. The van der Waals surface area contributed by atoms with Gasteiger partial charge in [-0.25, -0.2) is 0 Å². The van der Waals surface area contributed by atoms with Crippen molar-refractivity contribution in [1.82, 2.24) is 0 Å². The normalized spacial score (nSPS) is 11.0. The van der Waals surface area contributed by atoms with Crippen molar-refractivity contribution in [3.63, 3.8) is 0 Å². The van der Waals surface area contributed by atoms with Crippen molar-refractivity contribution in [2.24, 2.45) is 0 Å². The number of nitrogens with one attached hydrogen (secondary N) is 1. The van der Waals surface area contributed by atoms with Crippen LogP contribution in [0, 0.1) is 25.2 Å². The zero-order valence-electron chi connectivity index (χ0n) is 23.5. The molecule has 1 amide bonds. The molecular weight excluding hydrogens is 616 g/mol. The van der Waals surface area contributed by atoms with Gasteiger partial charge in [-0.2, -0.15) is 5.26 Å². The number of nitriles is 1. The number of benzene rings is 4. The Morgan fingerprint density at radius 2 is 1.71 bits per heavy atom. The molecule has 6 nitrogen and oxygen atoms in total. The van der Waals surface area contributed by atoms with E-state index in [1.54, 1.807) is 36.4 Å². The minimum atomic E-state index is -0.536. The van der Waals surface area contributed by atoms with Crippen LogP contribution in [-0.4, -0.2) is 12.5 Å². The van der Waals surface area contributed by atoms with E-state index >= 15 is 0 Å². The molecule has 0 saturated carbocycles. The highest BCUT2D eigenvalue weighted by molar-refractivity contribution is 9.10. The molecule has 4 aromatic rings. The van der Waals surface area contributed by atoms with Crippen LogP contribution in [0.15, 0.2) is 88.9 Å². The van der Waals surface area contributed by atoms with Crippen LogP contribution < -0.4 is 19.5 Å². The lowest BCUT2D eigenvalue weighted by Gasteiger charge is -2.15. The summed E-state index contributed by atoms with van der Waals surface area (Å²) in [5.41, 5.74) is 5.41. The fourth-order valence-electron chi connectivity index (χ4n) is 4.05. The van der Waals surface area contributed by atoms with Crippen molar-refractivity contribution in [3.8, 4) is 23.3 Å². The monoisotopic (exact) mass is 644 g/mol. The Morgan fingerprint density at radius 1 is 0.952 bits per heavy atom. The third-order valence-corrected chi connectivity index (χ3v) is 7.38. The van der Waals surface area contributed by atoms with Gasteiger partial charge in [0.1, 0.15) is 30.6 Å². The molecular formula is C34H30BrClN2O4. The van der Waals surface area contributed by atoms with Crippen molar-refractivity contribution in [1.29, 1.82) is 5.26 Å². The molecule has 0 heterocycles. The summed E-state index contributed by atoms with van der Waals surface area (Å²) >= 11 is 9.76. The molecule has 214 valence electrons. The topological polar surface area (TPSA) is 80.6 Å². The van der Waals surface area contributed by atoms with E-state index in [-0.39, 0.29) is 5.57 Å². The smallest absolute Gasteiger partial charge is 0.266 e. The summed E-state index contributed by atoms with van der Waals surface area (Å²) < 4.78 is 18.4. The first kappa shape index (κ1) is 30.7. The van der Waals surface area contributed by atoms with Gasteiger partial charge in [0.2, 0.25) is 0 Å². The van der Waals surface area contributed by atoms with Gasteiger partial charge in [0.15, 0.2) is 11.5 Å². The summed E-state index contributed by atoms with van der Waals surface area (Å²) in [6.07, 6.45) is 1.51. The number of ether oxygens (including phenoxy) is 3. The van der Waals surface area contributed by atoms with E-state index < -0.39 is 5.91 Å². The van der Waals surface area contributed by atoms with Crippen LogP contribution in [0.4, 0.5) is 5.69 Å². The first-order valence-electron chi connectivity index (χ1n) is 13.3. The number of anilines is 1. The average Bonchev–Trinajstić information content (AvgIpc) is 2.97. The highest BCUT2D eigenvalue weighted by Crippen LogP contribution is 2.38. The van der Waals surface area contributed by atoms with Gasteiger partial charge < -0.3 is 19.5 Å². The fraction of sp³-hybridized carbons (Fsp3) is 0.176. The largest absolute Gasteiger partial charge is 0.490 e. The van der Waals surface area contributed by atoms with Crippen molar-refractivity contribution in [3.05, 3.63) is 122 Å². The van der Waals surface area contributed by atoms with Crippen LogP contribution in [0.5, 0.6) is 17.2 Å². The second-order valence-electron chi connectivity index (χ2n) is 9.50. The molecule has 0 unspecified atom stereocenters. The molecule has 0 fully saturated rings. The van der Waals surface area contributed by atoms with Gasteiger partial charge in [0, 0.05) is 16.3 Å².